The van der Waals surface area contributed by atoms with E-state index in [1.54, 1.807) is 28.8 Å². The molecule has 2 aliphatic rings. The van der Waals surface area contributed by atoms with E-state index in [1.807, 2.05) is 4.57 Å². The van der Waals surface area contributed by atoms with Crippen LogP contribution in [0.5, 0.6) is 0 Å². The highest BCUT2D eigenvalue weighted by atomic mass is 32.2. The molecule has 29 heavy (non-hydrogen) atoms. The lowest BCUT2D eigenvalue weighted by molar-refractivity contribution is -0.122. The average Bonchev–Trinajstić information content (AvgIpc) is 3.32. The van der Waals surface area contributed by atoms with Crippen molar-refractivity contribution in [3.05, 3.63) is 24.5 Å². The topological polar surface area (TPSA) is 84.3 Å². The summed E-state index contributed by atoms with van der Waals surface area (Å²) >= 11 is 0. The summed E-state index contributed by atoms with van der Waals surface area (Å²) in [6.07, 6.45) is 11.0. The van der Waals surface area contributed by atoms with Crippen LogP contribution in [0.2, 0.25) is 0 Å². The van der Waals surface area contributed by atoms with Gasteiger partial charge in [-0.25, -0.2) is 13.4 Å². The van der Waals surface area contributed by atoms with E-state index >= 15 is 0 Å². The number of hydrogen-bond acceptors (Lipinski definition) is 4. The molecule has 0 spiro atoms. The van der Waals surface area contributed by atoms with Crippen LogP contribution in [-0.2, 0) is 21.4 Å². The maximum Gasteiger partial charge on any atom is 0.243 e. The van der Waals surface area contributed by atoms with E-state index in [9.17, 15) is 13.2 Å². The number of carbonyl (C=O) groups excluding carboxylic acids is 1. The van der Waals surface area contributed by atoms with Crippen molar-refractivity contribution in [1.82, 2.24) is 19.2 Å². The van der Waals surface area contributed by atoms with E-state index in [-0.39, 0.29) is 5.91 Å². The minimum atomic E-state index is -3.45. The van der Waals surface area contributed by atoms with Gasteiger partial charge in [-0.05, 0) is 43.9 Å². The first kappa shape index (κ1) is 20.3. The molecule has 1 amide bonds. The van der Waals surface area contributed by atoms with Crippen LogP contribution in [-0.4, -0.2) is 47.3 Å². The summed E-state index contributed by atoms with van der Waals surface area (Å²) in [5, 5.41) is 3.17. The molecule has 0 atom stereocenters. The van der Waals surface area contributed by atoms with Crippen molar-refractivity contribution in [1.29, 1.82) is 0 Å². The highest BCUT2D eigenvalue weighted by Crippen LogP contribution is 2.24. The first-order valence-electron chi connectivity index (χ1n) is 10.8. The molecule has 0 unspecified atom stereocenters. The van der Waals surface area contributed by atoms with Crippen LogP contribution in [0.25, 0.3) is 11.0 Å². The van der Waals surface area contributed by atoms with Gasteiger partial charge < -0.3 is 9.88 Å². The quantitative estimate of drug-likeness (QED) is 0.731. The molecule has 158 valence electrons. The van der Waals surface area contributed by atoms with Gasteiger partial charge >= 0.3 is 0 Å². The first-order chi connectivity index (χ1) is 14.0. The first-order valence-corrected chi connectivity index (χ1v) is 12.2. The molecule has 2 heterocycles. The lowest BCUT2D eigenvalue weighted by atomic mass is 10.1. The third kappa shape index (κ3) is 4.64. The summed E-state index contributed by atoms with van der Waals surface area (Å²) in [6.45, 7) is 1.71. The molecule has 4 rings (SSSR count). The minimum Gasteiger partial charge on any atom is -0.353 e. The molecule has 2 aromatic rings. The number of aryl methyl sites for hydroxylation is 1. The van der Waals surface area contributed by atoms with Crippen molar-refractivity contribution in [2.45, 2.75) is 75.3 Å². The molecule has 1 saturated carbocycles. The van der Waals surface area contributed by atoms with Crippen LogP contribution >= 0.6 is 0 Å². The van der Waals surface area contributed by atoms with Crippen molar-refractivity contribution >= 4 is 27.0 Å². The number of amides is 1. The monoisotopic (exact) mass is 418 g/mol. The molecule has 7 nitrogen and oxygen atoms in total. The minimum absolute atomic E-state index is 0.0759. The van der Waals surface area contributed by atoms with E-state index in [4.69, 9.17) is 0 Å². The molecule has 1 N–H and O–H groups in total. The molecule has 0 bridgehead atoms. The number of rotatable bonds is 6. The average molecular weight is 419 g/mol. The number of aromatic nitrogens is 2. The van der Waals surface area contributed by atoms with Gasteiger partial charge in [-0.2, -0.15) is 4.31 Å². The zero-order valence-electron chi connectivity index (χ0n) is 16.8. The third-order valence-corrected chi connectivity index (χ3v) is 7.99. The summed E-state index contributed by atoms with van der Waals surface area (Å²) in [5.74, 6) is 0.0759. The standard InChI is InChI=1S/C21H30N4O3S/c26-21(23-17-7-3-1-2-4-8-17)11-14-24-16-22-19-15-18(9-10-20(19)24)29(27,28)25-12-5-6-13-25/h9-10,15-17H,1-8,11-14H2,(H,23,26). The second kappa shape index (κ2) is 8.83. The summed E-state index contributed by atoms with van der Waals surface area (Å²) in [5.41, 5.74) is 1.50. The van der Waals surface area contributed by atoms with E-state index in [2.05, 4.69) is 10.3 Å². The molecular formula is C21H30N4O3S. The van der Waals surface area contributed by atoms with Gasteiger partial charge in [0.25, 0.3) is 0 Å². The zero-order valence-corrected chi connectivity index (χ0v) is 17.7. The molecule has 1 saturated heterocycles. The molecular weight excluding hydrogens is 388 g/mol. The van der Waals surface area contributed by atoms with E-state index in [0.29, 0.717) is 42.5 Å². The Morgan fingerprint density at radius 1 is 1.07 bits per heavy atom. The van der Waals surface area contributed by atoms with E-state index < -0.39 is 10.0 Å². The Morgan fingerprint density at radius 3 is 2.52 bits per heavy atom. The van der Waals surface area contributed by atoms with Gasteiger partial charge in [0.2, 0.25) is 15.9 Å². The number of nitrogens with one attached hydrogen (secondary N) is 1. The van der Waals surface area contributed by atoms with Crippen LogP contribution < -0.4 is 5.32 Å². The van der Waals surface area contributed by atoms with Crippen molar-refractivity contribution < 1.29 is 13.2 Å². The second-order valence-corrected chi connectivity index (χ2v) is 10.1. The molecule has 1 aromatic heterocycles. The van der Waals surface area contributed by atoms with Crippen molar-refractivity contribution in [2.75, 3.05) is 13.1 Å². The summed E-state index contributed by atoms with van der Waals surface area (Å²) in [6, 6.07) is 5.40. The van der Waals surface area contributed by atoms with Crippen LogP contribution in [0, 0.1) is 0 Å². The molecule has 1 aliphatic heterocycles. The summed E-state index contributed by atoms with van der Waals surface area (Å²) in [4.78, 5) is 17.0. The normalized spacial score (nSPS) is 19.4. The van der Waals surface area contributed by atoms with Gasteiger partial charge in [0.15, 0.2) is 0 Å². The predicted molar refractivity (Wildman–Crippen MR) is 112 cm³/mol. The van der Waals surface area contributed by atoms with Gasteiger partial charge in [0.1, 0.15) is 0 Å². The zero-order chi connectivity index (χ0) is 20.3. The Hall–Kier alpha value is -1.93. The fourth-order valence-electron chi connectivity index (χ4n) is 4.41. The van der Waals surface area contributed by atoms with Gasteiger partial charge in [0, 0.05) is 32.1 Å². The largest absolute Gasteiger partial charge is 0.353 e. The SMILES string of the molecule is O=C(CCn1cnc2cc(S(=O)(=O)N3CCCC3)ccc21)NC1CCCCCC1. The van der Waals surface area contributed by atoms with E-state index in [1.165, 1.54) is 25.7 Å². The summed E-state index contributed by atoms with van der Waals surface area (Å²) in [7, 11) is -3.45. The number of hydrogen-bond donors (Lipinski definition) is 1. The van der Waals surface area contributed by atoms with Crippen molar-refractivity contribution in [3.63, 3.8) is 0 Å². The predicted octanol–water partition coefficient (Wildman–Crippen LogP) is 3.05. The maximum atomic E-state index is 12.8. The maximum absolute atomic E-state index is 12.8. The highest BCUT2D eigenvalue weighted by Gasteiger charge is 2.27. The smallest absolute Gasteiger partial charge is 0.243 e. The molecule has 0 radical (unpaired) electrons. The highest BCUT2D eigenvalue weighted by molar-refractivity contribution is 7.89. The number of fused-ring (bicyclic) bond motifs is 1. The number of nitrogens with zero attached hydrogens (tertiary/aromatic N) is 3. The Labute approximate surface area is 172 Å². The van der Waals surface area contributed by atoms with Gasteiger partial charge in [-0.15, -0.1) is 0 Å². The molecule has 1 aliphatic carbocycles. The van der Waals surface area contributed by atoms with Crippen LogP contribution in [0.4, 0.5) is 0 Å². The van der Waals surface area contributed by atoms with Crippen LogP contribution in [0.1, 0.15) is 57.8 Å². The number of imidazole rings is 1. The number of sulfonamides is 1. The van der Waals surface area contributed by atoms with Gasteiger partial charge in [0.05, 0.1) is 22.3 Å². The Morgan fingerprint density at radius 2 is 1.79 bits per heavy atom. The van der Waals surface area contributed by atoms with E-state index in [0.717, 1.165) is 31.2 Å². The summed E-state index contributed by atoms with van der Waals surface area (Å²) < 4.78 is 29.0. The Balaban J connectivity index is 1.40. The number of carbonyl (C=O) groups is 1. The number of benzene rings is 1. The fraction of sp³-hybridized carbons (Fsp3) is 0.619. The van der Waals surface area contributed by atoms with Gasteiger partial charge in [-0.3, -0.25) is 4.79 Å². The lowest BCUT2D eigenvalue weighted by Gasteiger charge is -2.16. The second-order valence-electron chi connectivity index (χ2n) is 8.21. The van der Waals surface area contributed by atoms with Gasteiger partial charge in [-0.1, -0.05) is 25.7 Å². The molecule has 2 fully saturated rings. The van der Waals surface area contributed by atoms with Crippen molar-refractivity contribution in [2.24, 2.45) is 0 Å². The molecule has 1 aromatic carbocycles. The molecule has 8 heteroatoms. The third-order valence-electron chi connectivity index (χ3n) is 6.10. The Kier molecular flexibility index (Phi) is 6.20. The van der Waals surface area contributed by atoms with Crippen molar-refractivity contribution in [3.8, 4) is 0 Å². The van der Waals surface area contributed by atoms with Crippen LogP contribution in [0.3, 0.4) is 0 Å². The fourth-order valence-corrected chi connectivity index (χ4v) is 5.94. The lowest BCUT2D eigenvalue weighted by Crippen LogP contribution is -2.34. The Bertz CT molecular complexity index is 955. The van der Waals surface area contributed by atoms with Crippen LogP contribution in [0.15, 0.2) is 29.4 Å².